The third-order valence-corrected chi connectivity index (χ3v) is 5.05. The molecule has 0 N–H and O–H groups in total. The molecule has 3 rings (SSSR count). The summed E-state index contributed by atoms with van der Waals surface area (Å²) in [4.78, 5) is 11.1. The van der Waals surface area contributed by atoms with E-state index in [0.29, 0.717) is 16.8 Å². The Balaban J connectivity index is 2.22. The minimum atomic E-state index is -4.07. The summed E-state index contributed by atoms with van der Waals surface area (Å²) in [6.45, 7) is -0.183. The van der Waals surface area contributed by atoms with Crippen LogP contribution in [0.25, 0.3) is 11.1 Å². The van der Waals surface area contributed by atoms with Crippen LogP contribution in [0.1, 0.15) is 11.1 Å². The number of hydrogen-bond acceptors (Lipinski definition) is 4. The van der Waals surface area contributed by atoms with Crippen molar-refractivity contribution in [3.63, 3.8) is 0 Å². The second-order valence-corrected chi connectivity index (χ2v) is 7.87. The summed E-state index contributed by atoms with van der Waals surface area (Å²) in [7, 11) is -4.07. The topological polar surface area (TPSA) is 60.4 Å². The first-order valence-electron chi connectivity index (χ1n) is 7.04. The number of rotatable bonds is 3. The maximum Gasteiger partial charge on any atom is 0.339 e. The van der Waals surface area contributed by atoms with Crippen LogP contribution < -0.4 is 0 Å². The maximum atomic E-state index is 14.2. The fourth-order valence-electron chi connectivity index (χ4n) is 2.66. The molecule has 0 aromatic heterocycles. The Morgan fingerprint density at radius 1 is 1.08 bits per heavy atom. The Hall–Kier alpha value is -2.25. The normalized spacial score (nSPS) is 14.8. The largest absolute Gasteiger partial charge is 0.457 e. The first-order valence-corrected chi connectivity index (χ1v) is 9.31. The summed E-state index contributed by atoms with van der Waals surface area (Å²) in [5.74, 6) is -3.10. The van der Waals surface area contributed by atoms with Gasteiger partial charge in [-0.15, -0.1) is 0 Å². The molecule has 0 saturated carbocycles. The molecule has 130 valence electrons. The molecule has 0 radical (unpaired) electrons. The van der Waals surface area contributed by atoms with Crippen LogP contribution in [0.4, 0.5) is 8.78 Å². The monoisotopic (exact) mass is 384 g/mol. The lowest BCUT2D eigenvalue weighted by Crippen LogP contribution is -2.06. The quantitative estimate of drug-likeness (QED) is 0.760. The van der Waals surface area contributed by atoms with Crippen molar-refractivity contribution in [2.24, 2.45) is 0 Å². The van der Waals surface area contributed by atoms with Gasteiger partial charge in [-0.3, -0.25) is 0 Å². The Labute approximate surface area is 147 Å². The molecular formula is C17H11ClF2O4S. The Morgan fingerprint density at radius 2 is 1.72 bits per heavy atom. The van der Waals surface area contributed by atoms with Crippen LogP contribution >= 0.6 is 11.6 Å². The lowest BCUT2D eigenvalue weighted by molar-refractivity contribution is -0.133. The molecule has 25 heavy (non-hydrogen) atoms. The Kier molecular flexibility index (Phi) is 4.38. The molecule has 2 aromatic carbocycles. The summed E-state index contributed by atoms with van der Waals surface area (Å²) < 4.78 is 56.3. The number of benzene rings is 2. The Morgan fingerprint density at radius 3 is 2.28 bits per heavy atom. The predicted octanol–water partition coefficient (Wildman–Crippen LogP) is 3.49. The minimum absolute atomic E-state index is 0.0308. The third-order valence-electron chi connectivity index (χ3n) is 3.68. The van der Waals surface area contributed by atoms with E-state index in [1.54, 1.807) is 18.2 Å². The second-order valence-electron chi connectivity index (χ2n) is 5.48. The number of esters is 1. The van der Waals surface area contributed by atoms with Crippen molar-refractivity contribution in [2.75, 3.05) is 12.9 Å². The van der Waals surface area contributed by atoms with Crippen molar-refractivity contribution in [2.45, 2.75) is 4.90 Å². The minimum Gasteiger partial charge on any atom is -0.457 e. The summed E-state index contributed by atoms with van der Waals surface area (Å²) >= 11 is 5.92. The van der Waals surface area contributed by atoms with Gasteiger partial charge in [-0.1, -0.05) is 23.7 Å². The molecule has 0 unspecified atom stereocenters. The van der Waals surface area contributed by atoms with Crippen molar-refractivity contribution in [3.8, 4) is 0 Å². The summed E-state index contributed by atoms with van der Waals surface area (Å²) in [5.41, 5.74) is 0.861. The van der Waals surface area contributed by atoms with Gasteiger partial charge in [0.1, 0.15) is 23.1 Å². The van der Waals surface area contributed by atoms with Crippen molar-refractivity contribution < 1.29 is 26.7 Å². The van der Waals surface area contributed by atoms with Crippen molar-refractivity contribution in [1.82, 2.24) is 0 Å². The number of hydrogen-bond donors (Lipinski definition) is 0. The van der Waals surface area contributed by atoms with Crippen LogP contribution in [0, 0.1) is 11.6 Å². The summed E-state index contributed by atoms with van der Waals surface area (Å²) in [5, 5.41) is 0.383. The van der Waals surface area contributed by atoms with Crippen molar-refractivity contribution >= 4 is 38.6 Å². The molecule has 0 fully saturated rings. The van der Waals surface area contributed by atoms with Gasteiger partial charge in [0.15, 0.2) is 9.84 Å². The highest BCUT2D eigenvalue weighted by molar-refractivity contribution is 7.90. The van der Waals surface area contributed by atoms with Gasteiger partial charge >= 0.3 is 5.97 Å². The molecule has 0 atom stereocenters. The van der Waals surface area contributed by atoms with Crippen LogP contribution in [-0.4, -0.2) is 27.2 Å². The van der Waals surface area contributed by atoms with E-state index < -0.39 is 32.3 Å². The van der Waals surface area contributed by atoms with Crippen molar-refractivity contribution in [1.29, 1.82) is 0 Å². The highest BCUT2D eigenvalue weighted by Gasteiger charge is 2.29. The first-order chi connectivity index (χ1) is 11.7. The van der Waals surface area contributed by atoms with E-state index in [2.05, 4.69) is 0 Å². The van der Waals surface area contributed by atoms with Crippen LogP contribution in [0.5, 0.6) is 0 Å². The first kappa shape index (κ1) is 17.6. The molecule has 0 bridgehead atoms. The van der Waals surface area contributed by atoms with Gasteiger partial charge in [0.2, 0.25) is 0 Å². The van der Waals surface area contributed by atoms with Gasteiger partial charge in [-0.2, -0.15) is 0 Å². The summed E-state index contributed by atoms with van der Waals surface area (Å²) in [6.07, 6.45) is 0.715. The maximum absolute atomic E-state index is 14.2. The van der Waals surface area contributed by atoms with Gasteiger partial charge in [0.05, 0.1) is 5.57 Å². The molecule has 2 aromatic rings. The van der Waals surface area contributed by atoms with E-state index in [1.165, 1.54) is 6.07 Å². The molecule has 0 aliphatic carbocycles. The van der Waals surface area contributed by atoms with E-state index in [0.717, 1.165) is 12.1 Å². The van der Waals surface area contributed by atoms with Gasteiger partial charge in [0.25, 0.3) is 0 Å². The Bertz CT molecular complexity index is 1010. The molecule has 8 heteroatoms. The molecule has 1 aliphatic rings. The zero-order valence-electron chi connectivity index (χ0n) is 12.8. The van der Waals surface area contributed by atoms with E-state index in [1.807, 2.05) is 0 Å². The highest BCUT2D eigenvalue weighted by Crippen LogP contribution is 2.35. The number of ether oxygens (including phenoxy) is 1. The smallest absolute Gasteiger partial charge is 0.339 e. The molecule has 0 spiro atoms. The lowest BCUT2D eigenvalue weighted by atomic mass is 9.96. The van der Waals surface area contributed by atoms with Gasteiger partial charge in [-0.05, 0) is 35.4 Å². The number of carbonyl (C=O) groups is 1. The molecule has 0 saturated heterocycles. The second kappa shape index (κ2) is 6.24. The lowest BCUT2D eigenvalue weighted by Gasteiger charge is -2.08. The van der Waals surface area contributed by atoms with Gasteiger partial charge < -0.3 is 4.74 Å². The molecule has 4 nitrogen and oxygen atoms in total. The zero-order chi connectivity index (χ0) is 18.4. The highest BCUT2D eigenvalue weighted by atomic mass is 35.5. The van der Waals surface area contributed by atoms with E-state index in [-0.39, 0.29) is 23.3 Å². The molecule has 1 aliphatic heterocycles. The number of halogens is 3. The average Bonchev–Trinajstić information content (AvgIpc) is 2.86. The van der Waals surface area contributed by atoms with Gasteiger partial charge in [-0.25, -0.2) is 22.0 Å². The fourth-order valence-corrected chi connectivity index (χ4v) is 3.67. The van der Waals surface area contributed by atoms with E-state index in [4.69, 9.17) is 16.3 Å². The van der Waals surface area contributed by atoms with E-state index in [9.17, 15) is 22.0 Å². The van der Waals surface area contributed by atoms with Gasteiger partial charge in [0, 0.05) is 16.9 Å². The van der Waals surface area contributed by atoms with Crippen LogP contribution in [0.2, 0.25) is 5.02 Å². The van der Waals surface area contributed by atoms with E-state index >= 15 is 0 Å². The average molecular weight is 385 g/mol. The van der Waals surface area contributed by atoms with Crippen LogP contribution in [0.3, 0.4) is 0 Å². The number of sulfone groups is 1. The summed E-state index contributed by atoms with van der Waals surface area (Å²) in [6, 6.07) is 8.14. The molecule has 0 amide bonds. The molecule has 1 heterocycles. The predicted molar refractivity (Wildman–Crippen MR) is 88.7 cm³/mol. The number of carbonyl (C=O) groups excluding carboxylic acids is 1. The molecular weight excluding hydrogens is 374 g/mol. The standard InChI is InChI=1S/C17H11ClF2O4S/c1-25(22,23)16-13(19)6-10(7-14(16)20)12-8-24-17(21)15(12)9-3-2-4-11(18)5-9/h2-7H,8H2,1H3. The van der Waals surface area contributed by atoms with Crippen LogP contribution in [-0.2, 0) is 19.4 Å². The zero-order valence-corrected chi connectivity index (χ0v) is 14.4. The SMILES string of the molecule is CS(=O)(=O)c1c(F)cc(C2=C(c3cccc(Cl)c3)C(=O)OC2)cc1F. The number of cyclic esters (lactones) is 1. The fraction of sp³-hybridized carbons (Fsp3) is 0.118. The van der Waals surface area contributed by atoms with Crippen LogP contribution in [0.15, 0.2) is 41.3 Å². The third kappa shape index (κ3) is 3.29. The van der Waals surface area contributed by atoms with Crippen molar-refractivity contribution in [3.05, 3.63) is 64.2 Å².